The summed E-state index contributed by atoms with van der Waals surface area (Å²) in [7, 11) is 0. The van der Waals surface area contributed by atoms with Gasteiger partial charge in [-0.05, 0) is 33.6 Å². The average Bonchev–Trinajstić information content (AvgIpc) is 2.88. The van der Waals surface area contributed by atoms with Gasteiger partial charge in [-0.25, -0.2) is 15.0 Å². The molecule has 0 aliphatic heterocycles. The molecule has 0 radical (unpaired) electrons. The Morgan fingerprint density at radius 3 is 2.62 bits per heavy atom. The first kappa shape index (κ1) is 17.3. The van der Waals surface area contributed by atoms with Crippen molar-refractivity contribution in [1.82, 2.24) is 15.0 Å². The number of halogens is 2. The first-order valence-electron chi connectivity index (χ1n) is 6.26. The normalized spacial score (nSPS) is 10.6. The Labute approximate surface area is 137 Å². The van der Waals surface area contributed by atoms with Gasteiger partial charge < -0.3 is 4.42 Å². The highest BCUT2D eigenvalue weighted by molar-refractivity contribution is 9.10. The van der Waals surface area contributed by atoms with E-state index in [1.165, 1.54) is 0 Å². The number of nitrogens with zero attached hydrogens (tertiary/aromatic N) is 3. The summed E-state index contributed by atoms with van der Waals surface area (Å²) < 4.78 is 6.20. The van der Waals surface area contributed by atoms with E-state index >= 15 is 0 Å². The molecule has 0 aromatic carbocycles. The van der Waals surface area contributed by atoms with E-state index in [9.17, 15) is 0 Å². The summed E-state index contributed by atoms with van der Waals surface area (Å²) in [6, 6.07) is 1.69. The van der Waals surface area contributed by atoms with E-state index in [1.807, 2.05) is 13.8 Å². The molecule has 4 nitrogen and oxygen atoms in total. The lowest BCUT2D eigenvalue weighted by Crippen LogP contribution is -1.85. The first-order valence-corrected chi connectivity index (χ1v) is 7.43. The van der Waals surface area contributed by atoms with Crippen molar-refractivity contribution in [2.75, 3.05) is 0 Å². The molecule has 0 saturated heterocycles. The minimum Gasteiger partial charge on any atom is -0.433 e. The van der Waals surface area contributed by atoms with Crippen LogP contribution in [0.5, 0.6) is 0 Å². The summed E-state index contributed by atoms with van der Waals surface area (Å²) in [6.07, 6.45) is 6.57. The van der Waals surface area contributed by atoms with Crippen LogP contribution in [0.15, 0.2) is 52.7 Å². The molecule has 0 aliphatic carbocycles. The Morgan fingerprint density at radius 2 is 2.05 bits per heavy atom. The van der Waals surface area contributed by atoms with Gasteiger partial charge in [-0.3, -0.25) is 0 Å². The van der Waals surface area contributed by atoms with Crippen molar-refractivity contribution >= 4 is 33.1 Å². The zero-order valence-electron chi connectivity index (χ0n) is 11.8. The second-order valence-electron chi connectivity index (χ2n) is 3.41. The van der Waals surface area contributed by atoms with E-state index in [0.717, 1.165) is 5.57 Å². The molecule has 2 heterocycles. The van der Waals surface area contributed by atoms with Crippen LogP contribution in [-0.2, 0) is 0 Å². The van der Waals surface area contributed by atoms with Crippen LogP contribution in [-0.4, -0.2) is 15.0 Å². The third kappa shape index (κ3) is 4.37. The van der Waals surface area contributed by atoms with E-state index in [0.29, 0.717) is 21.9 Å². The van der Waals surface area contributed by atoms with Crippen molar-refractivity contribution in [2.24, 2.45) is 0 Å². The van der Waals surface area contributed by atoms with E-state index in [4.69, 9.17) is 16.0 Å². The quantitative estimate of drug-likeness (QED) is 0.540. The zero-order valence-corrected chi connectivity index (χ0v) is 14.1. The lowest BCUT2D eigenvalue weighted by atomic mass is 10.2. The minimum atomic E-state index is 0.146. The maximum absolute atomic E-state index is 5.75. The number of hydrogen-bond donors (Lipinski definition) is 0. The fourth-order valence-corrected chi connectivity index (χ4v) is 1.99. The van der Waals surface area contributed by atoms with Crippen molar-refractivity contribution in [2.45, 2.75) is 13.8 Å². The van der Waals surface area contributed by atoms with E-state index in [-0.39, 0.29) is 5.28 Å². The third-order valence-corrected chi connectivity index (χ3v) is 2.93. The van der Waals surface area contributed by atoms with Crippen LogP contribution < -0.4 is 0 Å². The van der Waals surface area contributed by atoms with Gasteiger partial charge in [-0.15, -0.1) is 0 Å². The van der Waals surface area contributed by atoms with E-state index < -0.39 is 0 Å². The highest BCUT2D eigenvalue weighted by Gasteiger charge is 2.16. The minimum absolute atomic E-state index is 0.146. The van der Waals surface area contributed by atoms with Gasteiger partial charge in [0.25, 0.3) is 0 Å². The summed E-state index contributed by atoms with van der Waals surface area (Å²) in [6.45, 7) is 11.3. The van der Waals surface area contributed by atoms with Crippen LogP contribution in [0.25, 0.3) is 17.0 Å². The second-order valence-corrected chi connectivity index (χ2v) is 4.50. The zero-order chi connectivity index (χ0) is 15.8. The fraction of sp³-hybridized carbons (Fsp3) is 0.133. The standard InChI is InChI=1S/C13H9BrClN3O.C2H6/c1-3-5-8(4-2)12-18-11(14)10(19-12)9-6-7-16-13(15)17-9;1-2/h3-7H,1-2H2;1-2H3/b8-5+;. The Balaban J connectivity index is 0.00000106. The molecule has 0 fully saturated rings. The second kappa shape index (κ2) is 8.54. The first-order chi connectivity index (χ1) is 10.2. The van der Waals surface area contributed by atoms with Crippen molar-refractivity contribution in [3.63, 3.8) is 0 Å². The maximum Gasteiger partial charge on any atom is 0.227 e. The lowest BCUT2D eigenvalue weighted by Gasteiger charge is -1.96. The van der Waals surface area contributed by atoms with Crippen LogP contribution in [0.1, 0.15) is 19.7 Å². The summed E-state index contributed by atoms with van der Waals surface area (Å²) >= 11 is 9.08. The highest BCUT2D eigenvalue weighted by Crippen LogP contribution is 2.30. The summed E-state index contributed by atoms with van der Waals surface area (Å²) in [4.78, 5) is 12.2. The molecule has 2 aromatic heterocycles. The number of allylic oxidation sites excluding steroid dienone is 4. The molecule has 6 heteroatoms. The number of aromatic nitrogens is 3. The van der Waals surface area contributed by atoms with Gasteiger partial charge >= 0.3 is 0 Å². The third-order valence-electron chi connectivity index (χ3n) is 2.21. The molecule has 0 bridgehead atoms. The van der Waals surface area contributed by atoms with Gasteiger partial charge in [0.15, 0.2) is 10.4 Å². The van der Waals surface area contributed by atoms with E-state index in [2.05, 4.69) is 44.0 Å². The molecule has 110 valence electrons. The van der Waals surface area contributed by atoms with Crippen LogP contribution >= 0.6 is 27.5 Å². The Kier molecular flexibility index (Phi) is 7.05. The van der Waals surface area contributed by atoms with Crippen molar-refractivity contribution < 1.29 is 4.42 Å². The molecule has 2 aromatic rings. The van der Waals surface area contributed by atoms with Gasteiger partial charge in [0, 0.05) is 11.8 Å². The molecular formula is C15H15BrClN3O. The summed E-state index contributed by atoms with van der Waals surface area (Å²) in [5.41, 5.74) is 1.27. The molecule has 0 spiro atoms. The van der Waals surface area contributed by atoms with Crippen molar-refractivity contribution in [1.29, 1.82) is 0 Å². The monoisotopic (exact) mass is 367 g/mol. The molecule has 21 heavy (non-hydrogen) atoms. The van der Waals surface area contributed by atoms with Gasteiger partial charge in [-0.1, -0.05) is 45.2 Å². The van der Waals surface area contributed by atoms with Crippen molar-refractivity contribution in [3.8, 4) is 11.5 Å². The van der Waals surface area contributed by atoms with E-state index in [1.54, 1.807) is 30.5 Å². The summed E-state index contributed by atoms with van der Waals surface area (Å²) in [5, 5.41) is 0.146. The lowest BCUT2D eigenvalue weighted by molar-refractivity contribution is 0.554. The molecule has 0 N–H and O–H groups in total. The molecule has 0 atom stereocenters. The molecule has 2 rings (SSSR count). The van der Waals surface area contributed by atoms with Crippen LogP contribution in [0, 0.1) is 0 Å². The summed E-state index contributed by atoms with van der Waals surface area (Å²) in [5.74, 6) is 0.905. The predicted octanol–water partition coefficient (Wildman–Crippen LogP) is 5.33. The SMILES string of the molecule is C=C/C=C(\C=C)c1nc(Br)c(-c2ccnc(Cl)n2)o1.CC. The van der Waals surface area contributed by atoms with Crippen LogP contribution in [0.4, 0.5) is 0 Å². The molecule has 0 saturated carbocycles. The number of oxazole rings is 1. The molecule has 0 aliphatic rings. The number of rotatable bonds is 4. The molecule has 0 unspecified atom stereocenters. The topological polar surface area (TPSA) is 51.8 Å². The molecule has 0 amide bonds. The van der Waals surface area contributed by atoms with Crippen LogP contribution in [0.2, 0.25) is 5.28 Å². The van der Waals surface area contributed by atoms with Gasteiger partial charge in [0.1, 0.15) is 5.69 Å². The average molecular weight is 369 g/mol. The van der Waals surface area contributed by atoms with Gasteiger partial charge in [0.2, 0.25) is 11.2 Å². The van der Waals surface area contributed by atoms with Gasteiger partial charge in [0.05, 0.1) is 0 Å². The Morgan fingerprint density at radius 1 is 1.33 bits per heavy atom. The van der Waals surface area contributed by atoms with Gasteiger partial charge in [-0.2, -0.15) is 0 Å². The Hall–Kier alpha value is -1.72. The smallest absolute Gasteiger partial charge is 0.227 e. The van der Waals surface area contributed by atoms with Crippen molar-refractivity contribution in [3.05, 3.63) is 59.4 Å². The number of hydrogen-bond acceptors (Lipinski definition) is 4. The van der Waals surface area contributed by atoms with Crippen LogP contribution in [0.3, 0.4) is 0 Å². The largest absolute Gasteiger partial charge is 0.433 e. The fourth-order valence-electron chi connectivity index (χ4n) is 1.40. The Bertz CT molecular complexity index is 665. The molecular weight excluding hydrogens is 354 g/mol. The highest BCUT2D eigenvalue weighted by atomic mass is 79.9. The predicted molar refractivity (Wildman–Crippen MR) is 90.0 cm³/mol. The maximum atomic E-state index is 5.75.